The standard InChI is InChI=1S/C17H28N4O7/c1-9(2)6-11(17(27)28)20-16(26)12-4-3-5-21(12)13(22)8-19-15(25)10(18)7-14(23)24/h9-12H,3-8,18H2,1-2H3,(H,19,25)(H,20,26)(H,23,24)(H,27,28). The first-order valence-electron chi connectivity index (χ1n) is 9.10. The van der Waals surface area contributed by atoms with Crippen LogP contribution in [0.1, 0.15) is 39.5 Å². The number of amides is 3. The highest BCUT2D eigenvalue weighted by Gasteiger charge is 2.36. The van der Waals surface area contributed by atoms with Gasteiger partial charge in [0.15, 0.2) is 0 Å². The summed E-state index contributed by atoms with van der Waals surface area (Å²) in [5.74, 6) is -4.17. The summed E-state index contributed by atoms with van der Waals surface area (Å²) in [6, 6.07) is -3.14. The van der Waals surface area contributed by atoms with Crippen molar-refractivity contribution in [2.45, 2.75) is 57.7 Å². The van der Waals surface area contributed by atoms with Gasteiger partial charge in [0.25, 0.3) is 0 Å². The number of aliphatic carboxylic acids is 2. The molecule has 3 unspecified atom stereocenters. The number of likely N-dealkylation sites (tertiary alicyclic amines) is 1. The van der Waals surface area contributed by atoms with Gasteiger partial charge in [0.2, 0.25) is 17.7 Å². The molecule has 1 saturated heterocycles. The van der Waals surface area contributed by atoms with Crippen LogP contribution >= 0.6 is 0 Å². The smallest absolute Gasteiger partial charge is 0.326 e. The van der Waals surface area contributed by atoms with Crippen LogP contribution < -0.4 is 16.4 Å². The maximum atomic E-state index is 12.5. The van der Waals surface area contributed by atoms with Gasteiger partial charge in [-0.15, -0.1) is 0 Å². The van der Waals surface area contributed by atoms with E-state index in [9.17, 15) is 29.1 Å². The fourth-order valence-corrected chi connectivity index (χ4v) is 2.97. The van der Waals surface area contributed by atoms with Gasteiger partial charge in [-0.2, -0.15) is 0 Å². The first kappa shape index (κ1) is 23.3. The minimum absolute atomic E-state index is 0.0629. The van der Waals surface area contributed by atoms with Crippen molar-refractivity contribution >= 4 is 29.7 Å². The fraction of sp³-hybridized carbons (Fsp3) is 0.706. The van der Waals surface area contributed by atoms with Crippen LogP contribution in [0.2, 0.25) is 0 Å². The molecule has 1 aliphatic heterocycles. The molecule has 158 valence electrons. The summed E-state index contributed by atoms with van der Waals surface area (Å²) in [4.78, 5) is 59.7. The summed E-state index contributed by atoms with van der Waals surface area (Å²) in [6.45, 7) is 3.55. The van der Waals surface area contributed by atoms with Crippen molar-refractivity contribution in [3.8, 4) is 0 Å². The maximum absolute atomic E-state index is 12.5. The average Bonchev–Trinajstić information content (AvgIpc) is 3.07. The Morgan fingerprint density at radius 2 is 1.82 bits per heavy atom. The summed E-state index contributed by atoms with van der Waals surface area (Å²) in [6.07, 6.45) is 0.650. The first-order chi connectivity index (χ1) is 13.0. The molecule has 0 aliphatic carbocycles. The molecule has 1 aliphatic rings. The summed E-state index contributed by atoms with van der Waals surface area (Å²) in [7, 11) is 0. The number of carboxylic acid groups (broad SMARTS) is 2. The third-order valence-electron chi connectivity index (χ3n) is 4.34. The number of nitrogens with two attached hydrogens (primary N) is 1. The quantitative estimate of drug-likeness (QED) is 0.294. The van der Waals surface area contributed by atoms with Crippen molar-refractivity contribution in [2.24, 2.45) is 11.7 Å². The molecule has 28 heavy (non-hydrogen) atoms. The Morgan fingerprint density at radius 1 is 1.18 bits per heavy atom. The Morgan fingerprint density at radius 3 is 2.36 bits per heavy atom. The Bertz CT molecular complexity index is 623. The molecule has 0 bridgehead atoms. The Balaban J connectivity index is 2.64. The minimum Gasteiger partial charge on any atom is -0.481 e. The molecular formula is C17H28N4O7. The van der Waals surface area contributed by atoms with Gasteiger partial charge in [0.1, 0.15) is 12.1 Å². The topological polar surface area (TPSA) is 179 Å². The van der Waals surface area contributed by atoms with E-state index in [-0.39, 0.29) is 12.3 Å². The highest BCUT2D eigenvalue weighted by atomic mass is 16.4. The predicted octanol–water partition coefficient (Wildman–Crippen LogP) is -1.49. The molecule has 6 N–H and O–H groups in total. The lowest BCUT2D eigenvalue weighted by Crippen LogP contribution is -2.53. The predicted molar refractivity (Wildman–Crippen MR) is 97.0 cm³/mol. The van der Waals surface area contributed by atoms with E-state index in [4.69, 9.17) is 10.8 Å². The zero-order chi connectivity index (χ0) is 21.4. The molecule has 3 amide bonds. The number of carbonyl (C=O) groups is 5. The third kappa shape index (κ3) is 7.14. The van der Waals surface area contributed by atoms with Crippen molar-refractivity contribution in [1.82, 2.24) is 15.5 Å². The van der Waals surface area contributed by atoms with Crippen molar-refractivity contribution in [3.63, 3.8) is 0 Å². The summed E-state index contributed by atoms with van der Waals surface area (Å²) in [5, 5.41) is 22.6. The average molecular weight is 400 g/mol. The van der Waals surface area contributed by atoms with Crippen LogP contribution in [0.5, 0.6) is 0 Å². The highest BCUT2D eigenvalue weighted by Crippen LogP contribution is 2.18. The second-order valence-electron chi connectivity index (χ2n) is 7.20. The Hall–Kier alpha value is -2.69. The van der Waals surface area contributed by atoms with Gasteiger partial charge in [0.05, 0.1) is 19.0 Å². The van der Waals surface area contributed by atoms with E-state index >= 15 is 0 Å². The van der Waals surface area contributed by atoms with E-state index in [2.05, 4.69) is 10.6 Å². The maximum Gasteiger partial charge on any atom is 0.326 e. The van der Waals surface area contributed by atoms with Crippen molar-refractivity contribution in [1.29, 1.82) is 0 Å². The lowest BCUT2D eigenvalue weighted by molar-refractivity contribution is -0.144. The molecule has 0 aromatic rings. The van der Waals surface area contributed by atoms with Crippen LogP contribution in [0.4, 0.5) is 0 Å². The number of hydrogen-bond donors (Lipinski definition) is 5. The first-order valence-corrected chi connectivity index (χ1v) is 9.10. The van der Waals surface area contributed by atoms with Crippen LogP contribution in [-0.4, -0.2) is 76.0 Å². The molecule has 3 atom stereocenters. The molecule has 11 heteroatoms. The third-order valence-corrected chi connectivity index (χ3v) is 4.34. The monoisotopic (exact) mass is 400 g/mol. The number of carboxylic acids is 2. The van der Waals surface area contributed by atoms with Crippen molar-refractivity contribution in [3.05, 3.63) is 0 Å². The zero-order valence-corrected chi connectivity index (χ0v) is 16.0. The van der Waals surface area contributed by atoms with Crippen LogP contribution in [0, 0.1) is 5.92 Å². The molecule has 0 aromatic heterocycles. The van der Waals surface area contributed by atoms with E-state index in [1.165, 1.54) is 4.90 Å². The van der Waals surface area contributed by atoms with Crippen molar-refractivity contribution in [2.75, 3.05) is 13.1 Å². The number of nitrogens with zero attached hydrogens (tertiary/aromatic N) is 1. The van der Waals surface area contributed by atoms with E-state index in [0.717, 1.165) is 0 Å². The SMILES string of the molecule is CC(C)CC(NC(=O)C1CCCN1C(=O)CNC(=O)C(N)CC(=O)O)C(=O)O. The summed E-state index contributed by atoms with van der Waals surface area (Å²) < 4.78 is 0. The molecule has 0 spiro atoms. The number of rotatable bonds is 10. The van der Waals surface area contributed by atoms with Gasteiger partial charge < -0.3 is 31.5 Å². The molecule has 1 rings (SSSR count). The van der Waals surface area contributed by atoms with Gasteiger partial charge in [-0.3, -0.25) is 19.2 Å². The van der Waals surface area contributed by atoms with Gasteiger partial charge in [0, 0.05) is 6.54 Å². The number of hydrogen-bond acceptors (Lipinski definition) is 6. The second-order valence-corrected chi connectivity index (χ2v) is 7.20. The van der Waals surface area contributed by atoms with Crippen LogP contribution in [0.25, 0.3) is 0 Å². The largest absolute Gasteiger partial charge is 0.481 e. The Kier molecular flexibility index (Phi) is 8.83. The molecule has 1 heterocycles. The van der Waals surface area contributed by atoms with E-state index < -0.39 is 60.8 Å². The van der Waals surface area contributed by atoms with Crippen LogP contribution in [0.3, 0.4) is 0 Å². The molecular weight excluding hydrogens is 372 g/mol. The highest BCUT2D eigenvalue weighted by molar-refractivity contribution is 5.93. The van der Waals surface area contributed by atoms with Gasteiger partial charge >= 0.3 is 11.9 Å². The van der Waals surface area contributed by atoms with Crippen LogP contribution in [-0.2, 0) is 24.0 Å². The van der Waals surface area contributed by atoms with E-state index in [1.54, 1.807) is 0 Å². The Labute approximate surface area is 162 Å². The normalized spacial score (nSPS) is 18.4. The van der Waals surface area contributed by atoms with E-state index in [1.807, 2.05) is 13.8 Å². The van der Waals surface area contributed by atoms with E-state index in [0.29, 0.717) is 19.4 Å². The molecule has 11 nitrogen and oxygen atoms in total. The molecule has 0 aromatic carbocycles. The van der Waals surface area contributed by atoms with Crippen LogP contribution in [0.15, 0.2) is 0 Å². The lowest BCUT2D eigenvalue weighted by atomic mass is 10.0. The van der Waals surface area contributed by atoms with Gasteiger partial charge in [-0.05, 0) is 25.2 Å². The number of carbonyl (C=O) groups excluding carboxylic acids is 3. The molecule has 0 radical (unpaired) electrons. The van der Waals surface area contributed by atoms with Crippen molar-refractivity contribution < 1.29 is 34.2 Å². The summed E-state index contributed by atoms with van der Waals surface area (Å²) in [5.41, 5.74) is 5.42. The molecule has 1 fully saturated rings. The zero-order valence-electron chi connectivity index (χ0n) is 16.0. The second kappa shape index (κ2) is 10.6. The summed E-state index contributed by atoms with van der Waals surface area (Å²) >= 11 is 0. The van der Waals surface area contributed by atoms with Gasteiger partial charge in [-0.25, -0.2) is 4.79 Å². The number of nitrogens with one attached hydrogen (secondary N) is 2. The lowest BCUT2D eigenvalue weighted by Gasteiger charge is -2.26. The minimum atomic E-state index is -1.28. The van der Waals surface area contributed by atoms with Gasteiger partial charge in [-0.1, -0.05) is 13.8 Å². The molecule has 0 saturated carbocycles. The fourth-order valence-electron chi connectivity index (χ4n) is 2.97.